The summed E-state index contributed by atoms with van der Waals surface area (Å²) in [5, 5.41) is 3.23. The number of carbonyl (C=O) groups excluding carboxylic acids is 1. The Morgan fingerprint density at radius 1 is 0.967 bits per heavy atom. The van der Waals surface area contributed by atoms with Gasteiger partial charge in [0.25, 0.3) is 5.91 Å². The fourth-order valence-electron chi connectivity index (χ4n) is 3.18. The SMILES string of the molecule is Cc1cc(C)cc(N(Cc2ccc(C(=O)Nc3ccccc3Cl)cc2)S(C)(=O)=O)c1. The van der Waals surface area contributed by atoms with Crippen molar-refractivity contribution in [2.24, 2.45) is 0 Å². The van der Waals surface area contributed by atoms with Gasteiger partial charge in [-0.1, -0.05) is 41.9 Å². The Morgan fingerprint density at radius 2 is 1.57 bits per heavy atom. The molecule has 3 rings (SSSR count). The molecule has 0 aromatic heterocycles. The molecule has 0 heterocycles. The van der Waals surface area contributed by atoms with E-state index in [1.807, 2.05) is 32.0 Å². The maximum atomic E-state index is 12.5. The van der Waals surface area contributed by atoms with Crippen LogP contribution in [0.25, 0.3) is 0 Å². The molecule has 1 N–H and O–H groups in total. The third-order valence-electron chi connectivity index (χ3n) is 4.56. The first-order chi connectivity index (χ1) is 14.1. The van der Waals surface area contributed by atoms with Gasteiger partial charge in [0.05, 0.1) is 29.2 Å². The fraction of sp³-hybridized carbons (Fsp3) is 0.174. The van der Waals surface area contributed by atoms with Crippen LogP contribution in [-0.2, 0) is 16.6 Å². The molecule has 3 aromatic rings. The normalized spacial score (nSPS) is 11.2. The predicted molar refractivity (Wildman–Crippen MR) is 123 cm³/mol. The molecule has 30 heavy (non-hydrogen) atoms. The smallest absolute Gasteiger partial charge is 0.255 e. The van der Waals surface area contributed by atoms with Crippen molar-refractivity contribution in [3.8, 4) is 0 Å². The Hall–Kier alpha value is -2.83. The van der Waals surface area contributed by atoms with E-state index in [0.717, 1.165) is 16.7 Å². The minimum absolute atomic E-state index is 0.175. The van der Waals surface area contributed by atoms with E-state index in [-0.39, 0.29) is 12.5 Å². The Kier molecular flexibility index (Phi) is 6.48. The third kappa shape index (κ3) is 5.40. The van der Waals surface area contributed by atoms with Gasteiger partial charge in [-0.05, 0) is 66.9 Å². The topological polar surface area (TPSA) is 66.5 Å². The number of benzene rings is 3. The van der Waals surface area contributed by atoms with Gasteiger partial charge in [-0.2, -0.15) is 0 Å². The summed E-state index contributed by atoms with van der Waals surface area (Å²) in [4.78, 5) is 12.5. The first-order valence-corrected chi connectivity index (χ1v) is 11.6. The van der Waals surface area contributed by atoms with Gasteiger partial charge in [0.15, 0.2) is 0 Å². The van der Waals surface area contributed by atoms with E-state index in [1.54, 1.807) is 48.5 Å². The largest absolute Gasteiger partial charge is 0.321 e. The number of hydrogen-bond acceptors (Lipinski definition) is 3. The quantitative estimate of drug-likeness (QED) is 0.572. The number of nitrogens with one attached hydrogen (secondary N) is 1. The van der Waals surface area contributed by atoms with Gasteiger partial charge >= 0.3 is 0 Å². The minimum Gasteiger partial charge on any atom is -0.321 e. The molecule has 0 aliphatic heterocycles. The van der Waals surface area contributed by atoms with Gasteiger partial charge in [-0.25, -0.2) is 8.42 Å². The maximum Gasteiger partial charge on any atom is 0.255 e. The molecule has 0 aliphatic carbocycles. The lowest BCUT2D eigenvalue weighted by Gasteiger charge is -2.23. The van der Waals surface area contributed by atoms with Crippen molar-refractivity contribution in [3.05, 3.63) is 94.0 Å². The highest BCUT2D eigenvalue weighted by Gasteiger charge is 2.19. The standard InChI is InChI=1S/C23H23ClN2O3S/c1-16-12-17(2)14-20(13-16)26(30(3,28)29)15-18-8-10-19(11-9-18)23(27)25-22-7-5-4-6-21(22)24/h4-14H,15H2,1-3H3,(H,25,27). The van der Waals surface area contributed by atoms with Gasteiger partial charge in [-0.15, -0.1) is 0 Å². The van der Waals surface area contributed by atoms with E-state index in [2.05, 4.69) is 5.32 Å². The molecule has 0 spiro atoms. The first kappa shape index (κ1) is 21.9. The second kappa shape index (κ2) is 8.90. The summed E-state index contributed by atoms with van der Waals surface area (Å²) in [5.74, 6) is -0.288. The Labute approximate surface area is 182 Å². The Bertz CT molecular complexity index is 1160. The monoisotopic (exact) mass is 442 g/mol. The zero-order chi connectivity index (χ0) is 21.9. The van der Waals surface area contributed by atoms with Crippen LogP contribution in [0, 0.1) is 13.8 Å². The van der Waals surface area contributed by atoms with Crippen molar-refractivity contribution in [2.75, 3.05) is 15.9 Å². The summed E-state index contributed by atoms with van der Waals surface area (Å²) in [6.07, 6.45) is 1.19. The molecule has 0 saturated heterocycles. The predicted octanol–water partition coefficient (Wildman–Crippen LogP) is 5.18. The number of sulfonamides is 1. The average molecular weight is 443 g/mol. The number of anilines is 2. The highest BCUT2D eigenvalue weighted by Crippen LogP contribution is 2.24. The number of hydrogen-bond donors (Lipinski definition) is 1. The van der Waals surface area contributed by atoms with Crippen molar-refractivity contribution in [1.82, 2.24) is 0 Å². The number of aryl methyl sites for hydroxylation is 2. The number of carbonyl (C=O) groups is 1. The zero-order valence-electron chi connectivity index (χ0n) is 17.0. The second-order valence-corrected chi connectivity index (χ2v) is 9.56. The van der Waals surface area contributed by atoms with Crippen molar-refractivity contribution >= 4 is 38.9 Å². The number of halogens is 1. The van der Waals surface area contributed by atoms with Gasteiger partial charge in [0.1, 0.15) is 0 Å². The molecule has 1 amide bonds. The summed E-state index contributed by atoms with van der Waals surface area (Å²) in [6.45, 7) is 4.04. The molecular weight excluding hydrogens is 420 g/mol. The fourth-order valence-corrected chi connectivity index (χ4v) is 4.23. The van der Waals surface area contributed by atoms with E-state index in [0.29, 0.717) is 22.0 Å². The number of amides is 1. The van der Waals surface area contributed by atoms with Crippen LogP contribution in [0.4, 0.5) is 11.4 Å². The molecule has 0 saturated carbocycles. The molecule has 0 unspecified atom stereocenters. The molecule has 156 valence electrons. The van der Waals surface area contributed by atoms with Crippen molar-refractivity contribution in [2.45, 2.75) is 20.4 Å². The molecule has 5 nitrogen and oxygen atoms in total. The lowest BCUT2D eigenvalue weighted by atomic mass is 10.1. The summed E-state index contributed by atoms with van der Waals surface area (Å²) in [7, 11) is -3.48. The number of para-hydroxylation sites is 1. The highest BCUT2D eigenvalue weighted by atomic mass is 35.5. The highest BCUT2D eigenvalue weighted by molar-refractivity contribution is 7.92. The van der Waals surface area contributed by atoms with Gasteiger partial charge in [-0.3, -0.25) is 9.10 Å². The second-order valence-electron chi connectivity index (χ2n) is 7.25. The van der Waals surface area contributed by atoms with Gasteiger partial charge in [0.2, 0.25) is 10.0 Å². The Morgan fingerprint density at radius 3 is 2.13 bits per heavy atom. The van der Waals surface area contributed by atoms with Crippen LogP contribution in [0.15, 0.2) is 66.7 Å². The van der Waals surface area contributed by atoms with E-state index in [9.17, 15) is 13.2 Å². The van der Waals surface area contributed by atoms with Crippen LogP contribution in [0.5, 0.6) is 0 Å². The maximum absolute atomic E-state index is 12.5. The molecule has 7 heteroatoms. The Balaban J connectivity index is 1.80. The van der Waals surface area contributed by atoms with Gasteiger partial charge in [0, 0.05) is 5.56 Å². The van der Waals surface area contributed by atoms with E-state index in [4.69, 9.17) is 11.6 Å². The van der Waals surface area contributed by atoms with Crippen molar-refractivity contribution in [3.63, 3.8) is 0 Å². The lowest BCUT2D eigenvalue weighted by molar-refractivity contribution is 0.102. The molecular formula is C23H23ClN2O3S. The number of rotatable bonds is 6. The molecule has 0 atom stereocenters. The minimum atomic E-state index is -3.48. The van der Waals surface area contributed by atoms with Crippen LogP contribution < -0.4 is 9.62 Å². The van der Waals surface area contributed by atoms with Crippen LogP contribution in [0.3, 0.4) is 0 Å². The summed E-state index contributed by atoms with van der Waals surface area (Å²) >= 11 is 6.08. The molecule has 0 fully saturated rings. The van der Waals surface area contributed by atoms with Crippen LogP contribution in [0.2, 0.25) is 5.02 Å². The third-order valence-corrected chi connectivity index (χ3v) is 6.03. The number of nitrogens with zero attached hydrogens (tertiary/aromatic N) is 1. The van der Waals surface area contributed by atoms with Crippen LogP contribution >= 0.6 is 11.6 Å². The van der Waals surface area contributed by atoms with Gasteiger partial charge < -0.3 is 5.32 Å². The average Bonchev–Trinajstić information content (AvgIpc) is 2.66. The van der Waals surface area contributed by atoms with E-state index >= 15 is 0 Å². The van der Waals surface area contributed by atoms with Crippen molar-refractivity contribution in [1.29, 1.82) is 0 Å². The van der Waals surface area contributed by atoms with E-state index < -0.39 is 10.0 Å². The van der Waals surface area contributed by atoms with Crippen LogP contribution in [-0.4, -0.2) is 20.6 Å². The molecule has 0 radical (unpaired) electrons. The van der Waals surface area contributed by atoms with E-state index in [1.165, 1.54) is 10.6 Å². The van der Waals surface area contributed by atoms with Crippen LogP contribution in [0.1, 0.15) is 27.0 Å². The zero-order valence-corrected chi connectivity index (χ0v) is 18.6. The molecule has 3 aromatic carbocycles. The molecule has 0 aliphatic rings. The lowest BCUT2D eigenvalue weighted by Crippen LogP contribution is -2.29. The summed E-state index contributed by atoms with van der Waals surface area (Å²) in [5.41, 5.74) is 4.36. The first-order valence-electron chi connectivity index (χ1n) is 9.34. The summed E-state index contributed by atoms with van der Waals surface area (Å²) < 4.78 is 26.2. The van der Waals surface area contributed by atoms with Crippen molar-refractivity contribution < 1.29 is 13.2 Å². The molecule has 0 bridgehead atoms. The summed E-state index contributed by atoms with van der Waals surface area (Å²) in [6, 6.07) is 19.5.